The Bertz CT molecular complexity index is 740. The largest absolute Gasteiger partial charge is 0.332 e. The number of thiazole rings is 1. The Balaban J connectivity index is 1.76. The third-order valence-corrected chi connectivity index (χ3v) is 3.99. The summed E-state index contributed by atoms with van der Waals surface area (Å²) in [6.45, 7) is 0.580. The molecule has 0 saturated carbocycles. The van der Waals surface area contributed by atoms with Crippen LogP contribution in [0.15, 0.2) is 34.2 Å². The minimum atomic E-state index is 0.437. The van der Waals surface area contributed by atoms with E-state index < -0.39 is 0 Å². The van der Waals surface area contributed by atoms with Gasteiger partial charge in [-0.25, -0.2) is 4.98 Å². The van der Waals surface area contributed by atoms with Gasteiger partial charge in [-0.2, -0.15) is 4.98 Å². The van der Waals surface area contributed by atoms with Crippen molar-refractivity contribution in [2.24, 2.45) is 5.73 Å². The average Bonchev–Trinajstić information content (AvgIpc) is 3.08. The van der Waals surface area contributed by atoms with E-state index in [4.69, 9.17) is 21.9 Å². The fourth-order valence-corrected chi connectivity index (χ4v) is 2.91. The maximum atomic E-state index is 5.96. The molecule has 21 heavy (non-hydrogen) atoms. The van der Waals surface area contributed by atoms with Gasteiger partial charge in [-0.3, -0.25) is 0 Å². The van der Waals surface area contributed by atoms with E-state index in [0.29, 0.717) is 35.4 Å². The first-order chi connectivity index (χ1) is 10.2. The average molecular weight is 321 g/mol. The summed E-state index contributed by atoms with van der Waals surface area (Å²) in [6, 6.07) is 7.60. The molecule has 7 heteroatoms. The van der Waals surface area contributed by atoms with Crippen LogP contribution in [0.2, 0.25) is 5.02 Å². The van der Waals surface area contributed by atoms with Crippen LogP contribution in [-0.4, -0.2) is 21.7 Å². The Morgan fingerprint density at radius 2 is 2.19 bits per heavy atom. The van der Waals surface area contributed by atoms with Gasteiger partial charge in [0.1, 0.15) is 5.69 Å². The van der Waals surface area contributed by atoms with Gasteiger partial charge in [-0.1, -0.05) is 28.9 Å². The van der Waals surface area contributed by atoms with Gasteiger partial charge in [0.2, 0.25) is 0 Å². The highest BCUT2D eigenvalue weighted by Crippen LogP contribution is 2.21. The molecule has 0 aliphatic rings. The Kier molecular flexibility index (Phi) is 4.28. The van der Waals surface area contributed by atoms with E-state index in [9.17, 15) is 0 Å². The third-order valence-electron chi connectivity index (χ3n) is 2.85. The zero-order valence-electron chi connectivity index (χ0n) is 11.1. The summed E-state index contributed by atoms with van der Waals surface area (Å²) in [5.41, 5.74) is 7.26. The molecule has 0 bridgehead atoms. The third kappa shape index (κ3) is 3.47. The molecule has 0 aliphatic carbocycles. The van der Waals surface area contributed by atoms with Crippen LogP contribution in [0.4, 0.5) is 0 Å². The van der Waals surface area contributed by atoms with E-state index in [1.54, 1.807) is 11.3 Å². The lowest BCUT2D eigenvalue weighted by Gasteiger charge is -1.96. The molecule has 0 atom stereocenters. The normalized spacial score (nSPS) is 11.0. The molecular formula is C14H13ClN4OS. The fourth-order valence-electron chi connectivity index (χ4n) is 1.91. The van der Waals surface area contributed by atoms with Gasteiger partial charge in [-0.05, 0) is 24.2 Å². The van der Waals surface area contributed by atoms with Crippen molar-refractivity contribution in [2.45, 2.75) is 12.8 Å². The van der Waals surface area contributed by atoms with Gasteiger partial charge < -0.3 is 10.3 Å². The standard InChI is InChI=1S/C14H13ClN4OS/c15-10-3-1-2-9(6-10)7-12-18-14(20-19-12)11-8-21-13(17-11)4-5-16/h1-3,6,8H,4-5,7,16H2. The predicted octanol–water partition coefficient (Wildman–Crippen LogP) is 2.94. The summed E-state index contributed by atoms with van der Waals surface area (Å²) < 4.78 is 5.26. The predicted molar refractivity (Wildman–Crippen MR) is 82.4 cm³/mol. The molecular weight excluding hydrogens is 308 g/mol. The fraction of sp³-hybridized carbons (Fsp3) is 0.214. The molecule has 3 rings (SSSR count). The second-order valence-corrected chi connectivity index (χ2v) is 5.87. The molecule has 0 spiro atoms. The van der Waals surface area contributed by atoms with Crippen molar-refractivity contribution < 1.29 is 4.52 Å². The summed E-state index contributed by atoms with van der Waals surface area (Å²) in [5.74, 6) is 1.05. The Morgan fingerprint density at radius 3 is 3.00 bits per heavy atom. The van der Waals surface area contributed by atoms with E-state index in [1.807, 2.05) is 29.6 Å². The van der Waals surface area contributed by atoms with Crippen LogP contribution in [0.3, 0.4) is 0 Å². The molecule has 2 N–H and O–H groups in total. The zero-order valence-corrected chi connectivity index (χ0v) is 12.7. The molecule has 0 amide bonds. The topological polar surface area (TPSA) is 77.8 Å². The van der Waals surface area contributed by atoms with Gasteiger partial charge in [0.25, 0.3) is 5.89 Å². The number of nitrogens with zero attached hydrogens (tertiary/aromatic N) is 3. The van der Waals surface area contributed by atoms with Crippen LogP contribution < -0.4 is 5.73 Å². The monoisotopic (exact) mass is 320 g/mol. The summed E-state index contributed by atoms with van der Waals surface area (Å²) in [6.07, 6.45) is 1.33. The number of nitrogens with two attached hydrogens (primary N) is 1. The molecule has 3 aromatic rings. The molecule has 0 radical (unpaired) electrons. The molecule has 0 fully saturated rings. The van der Waals surface area contributed by atoms with Crippen molar-refractivity contribution in [3.05, 3.63) is 51.1 Å². The number of benzene rings is 1. The van der Waals surface area contributed by atoms with E-state index in [1.165, 1.54) is 0 Å². The molecule has 1 aromatic carbocycles. The SMILES string of the molecule is NCCc1nc(-c2nc(Cc3cccc(Cl)c3)no2)cs1. The highest BCUT2D eigenvalue weighted by Gasteiger charge is 2.12. The molecule has 108 valence electrons. The van der Waals surface area contributed by atoms with Crippen molar-refractivity contribution in [1.29, 1.82) is 0 Å². The van der Waals surface area contributed by atoms with Crippen LogP contribution in [0, 0.1) is 0 Å². The lowest BCUT2D eigenvalue weighted by atomic mass is 10.1. The van der Waals surface area contributed by atoms with Gasteiger partial charge in [0, 0.05) is 23.2 Å². The van der Waals surface area contributed by atoms with Gasteiger partial charge in [0.05, 0.1) is 5.01 Å². The number of hydrogen-bond donors (Lipinski definition) is 1. The van der Waals surface area contributed by atoms with E-state index in [-0.39, 0.29) is 0 Å². The summed E-state index contributed by atoms with van der Waals surface area (Å²) in [4.78, 5) is 8.80. The summed E-state index contributed by atoms with van der Waals surface area (Å²) in [7, 11) is 0. The number of hydrogen-bond acceptors (Lipinski definition) is 6. The van der Waals surface area contributed by atoms with Crippen LogP contribution >= 0.6 is 22.9 Å². The summed E-state index contributed by atoms with van der Waals surface area (Å²) in [5, 5.41) is 7.56. The Labute approximate surface area is 130 Å². The second-order valence-electron chi connectivity index (χ2n) is 4.49. The Hall–Kier alpha value is -1.76. The maximum absolute atomic E-state index is 5.96. The van der Waals surface area contributed by atoms with Crippen molar-refractivity contribution in [1.82, 2.24) is 15.1 Å². The highest BCUT2D eigenvalue weighted by atomic mass is 35.5. The minimum absolute atomic E-state index is 0.437. The Morgan fingerprint density at radius 1 is 1.29 bits per heavy atom. The first kappa shape index (κ1) is 14.2. The van der Waals surface area contributed by atoms with Crippen LogP contribution in [0.5, 0.6) is 0 Å². The van der Waals surface area contributed by atoms with Crippen molar-refractivity contribution in [2.75, 3.05) is 6.54 Å². The number of aromatic nitrogens is 3. The maximum Gasteiger partial charge on any atom is 0.277 e. The van der Waals surface area contributed by atoms with Crippen LogP contribution in [-0.2, 0) is 12.8 Å². The molecule has 2 heterocycles. The van der Waals surface area contributed by atoms with E-state index in [0.717, 1.165) is 17.0 Å². The van der Waals surface area contributed by atoms with Gasteiger partial charge in [0.15, 0.2) is 5.82 Å². The first-order valence-corrected chi connectivity index (χ1v) is 7.72. The van der Waals surface area contributed by atoms with Crippen LogP contribution in [0.1, 0.15) is 16.4 Å². The van der Waals surface area contributed by atoms with E-state index >= 15 is 0 Å². The second kappa shape index (κ2) is 6.34. The van der Waals surface area contributed by atoms with Crippen LogP contribution in [0.25, 0.3) is 11.6 Å². The smallest absolute Gasteiger partial charge is 0.277 e. The molecule has 0 unspecified atom stereocenters. The van der Waals surface area contributed by atoms with Crippen molar-refractivity contribution in [3.8, 4) is 11.6 Å². The highest BCUT2D eigenvalue weighted by molar-refractivity contribution is 7.09. The summed E-state index contributed by atoms with van der Waals surface area (Å²) >= 11 is 7.51. The molecule has 5 nitrogen and oxygen atoms in total. The zero-order chi connectivity index (χ0) is 14.7. The van der Waals surface area contributed by atoms with Crippen molar-refractivity contribution >= 4 is 22.9 Å². The van der Waals surface area contributed by atoms with Crippen molar-refractivity contribution in [3.63, 3.8) is 0 Å². The van der Waals surface area contributed by atoms with Gasteiger partial charge >= 0.3 is 0 Å². The first-order valence-electron chi connectivity index (χ1n) is 6.46. The van der Waals surface area contributed by atoms with E-state index in [2.05, 4.69) is 15.1 Å². The minimum Gasteiger partial charge on any atom is -0.332 e. The lowest BCUT2D eigenvalue weighted by Crippen LogP contribution is -2.01. The molecule has 0 saturated heterocycles. The lowest BCUT2D eigenvalue weighted by molar-refractivity contribution is 0.423. The molecule has 2 aromatic heterocycles. The number of halogens is 1. The van der Waals surface area contributed by atoms with Gasteiger partial charge in [-0.15, -0.1) is 11.3 Å². The quantitative estimate of drug-likeness (QED) is 0.782. The molecule has 0 aliphatic heterocycles. The number of rotatable bonds is 5.